The number of rotatable bonds is 0. The van der Waals surface area contributed by atoms with Crippen LogP contribution >= 0.6 is 0 Å². The molecular formula is C9H12N2O2. The lowest BCUT2D eigenvalue weighted by Gasteiger charge is -2.35. The first-order chi connectivity index (χ1) is 6.20. The number of hydrogen-bond donors (Lipinski definition) is 1. The van der Waals surface area contributed by atoms with E-state index in [2.05, 4.69) is 5.32 Å². The fourth-order valence-electron chi connectivity index (χ4n) is 1.87. The van der Waals surface area contributed by atoms with E-state index in [0.29, 0.717) is 0 Å². The molecule has 0 aromatic rings. The molecule has 1 saturated heterocycles. The van der Waals surface area contributed by atoms with Gasteiger partial charge in [0.1, 0.15) is 0 Å². The summed E-state index contributed by atoms with van der Waals surface area (Å²) in [5.74, 6) is -0.934. The molecule has 2 aliphatic rings. The molecule has 1 N–H and O–H groups in total. The fraction of sp³-hybridized carbons (Fsp3) is 0.556. The number of fused-ring (bicyclic) bond motifs is 1. The van der Waals surface area contributed by atoms with Crippen LogP contribution < -0.4 is 5.32 Å². The molecule has 1 heterocycles. The lowest BCUT2D eigenvalue weighted by atomic mass is 9.96. The number of nitrogens with one attached hydrogen (secondary N) is 1. The highest BCUT2D eigenvalue weighted by molar-refractivity contribution is 6.36. The summed E-state index contributed by atoms with van der Waals surface area (Å²) in [5.41, 5.74) is 0.954. The maximum Gasteiger partial charge on any atom is 0.315 e. The summed E-state index contributed by atoms with van der Waals surface area (Å²) in [6, 6.07) is 0.0592. The molecule has 2 rings (SSSR count). The Hall–Kier alpha value is -1.32. The molecule has 0 radical (unpaired) electrons. The van der Waals surface area contributed by atoms with Crippen molar-refractivity contribution in [1.82, 2.24) is 10.2 Å². The molecule has 0 aromatic carbocycles. The lowest BCUT2D eigenvalue weighted by molar-refractivity contribution is -0.146. The second-order valence-electron chi connectivity index (χ2n) is 3.45. The summed E-state index contributed by atoms with van der Waals surface area (Å²) in [4.78, 5) is 23.8. The first-order valence-electron chi connectivity index (χ1n) is 4.49. The zero-order chi connectivity index (χ0) is 9.42. The van der Waals surface area contributed by atoms with E-state index in [1.807, 2.05) is 6.08 Å². The monoisotopic (exact) mass is 180 g/mol. The van der Waals surface area contributed by atoms with E-state index in [1.54, 1.807) is 7.05 Å². The van der Waals surface area contributed by atoms with Gasteiger partial charge in [-0.1, -0.05) is 6.08 Å². The van der Waals surface area contributed by atoms with Gasteiger partial charge in [-0.25, -0.2) is 0 Å². The summed E-state index contributed by atoms with van der Waals surface area (Å²) >= 11 is 0. The molecule has 1 unspecified atom stereocenters. The number of allylic oxidation sites excluding steroid dienone is 1. The Labute approximate surface area is 76.6 Å². The van der Waals surface area contributed by atoms with Crippen LogP contribution in [0.4, 0.5) is 0 Å². The molecule has 1 aliphatic heterocycles. The Morgan fingerprint density at radius 2 is 2.31 bits per heavy atom. The van der Waals surface area contributed by atoms with Gasteiger partial charge in [0.15, 0.2) is 0 Å². The molecule has 1 aliphatic carbocycles. The zero-order valence-electron chi connectivity index (χ0n) is 7.54. The van der Waals surface area contributed by atoms with Gasteiger partial charge in [-0.05, 0) is 19.3 Å². The van der Waals surface area contributed by atoms with Gasteiger partial charge in [-0.3, -0.25) is 9.59 Å². The number of nitrogens with zero attached hydrogens (tertiary/aromatic N) is 1. The third-order valence-electron chi connectivity index (χ3n) is 2.60. The summed E-state index contributed by atoms with van der Waals surface area (Å²) in [6.45, 7) is 0. The molecule has 13 heavy (non-hydrogen) atoms. The molecule has 1 fully saturated rings. The number of piperazine rings is 1. The van der Waals surface area contributed by atoms with E-state index in [9.17, 15) is 9.59 Å². The molecule has 1 atom stereocenters. The fourth-order valence-corrected chi connectivity index (χ4v) is 1.87. The second kappa shape index (κ2) is 2.87. The van der Waals surface area contributed by atoms with Crippen LogP contribution in [0, 0.1) is 0 Å². The van der Waals surface area contributed by atoms with Crippen LogP contribution in [-0.4, -0.2) is 29.8 Å². The van der Waals surface area contributed by atoms with Crippen molar-refractivity contribution in [1.29, 1.82) is 0 Å². The van der Waals surface area contributed by atoms with Crippen LogP contribution in [0.1, 0.15) is 19.3 Å². The van der Waals surface area contributed by atoms with E-state index in [0.717, 1.165) is 25.0 Å². The molecule has 70 valence electrons. The Kier molecular flexibility index (Phi) is 1.83. The van der Waals surface area contributed by atoms with Crippen molar-refractivity contribution in [2.75, 3.05) is 7.05 Å². The first kappa shape index (κ1) is 8.29. The number of amides is 2. The van der Waals surface area contributed by atoms with Crippen molar-refractivity contribution in [2.24, 2.45) is 0 Å². The van der Waals surface area contributed by atoms with Gasteiger partial charge in [0.25, 0.3) is 0 Å². The third-order valence-corrected chi connectivity index (χ3v) is 2.60. The summed E-state index contributed by atoms with van der Waals surface area (Å²) in [7, 11) is 1.66. The van der Waals surface area contributed by atoms with Gasteiger partial charge in [-0.2, -0.15) is 0 Å². The Bertz CT molecular complexity index is 296. The predicted octanol–water partition coefficient (Wildman–Crippen LogP) is 0.0110. The smallest absolute Gasteiger partial charge is 0.315 e. The van der Waals surface area contributed by atoms with E-state index in [-0.39, 0.29) is 6.04 Å². The Balaban J connectivity index is 2.30. The molecule has 2 amide bonds. The normalized spacial score (nSPS) is 27.9. The Morgan fingerprint density at radius 3 is 3.08 bits per heavy atom. The molecule has 0 aromatic heterocycles. The van der Waals surface area contributed by atoms with Crippen LogP contribution in [0.25, 0.3) is 0 Å². The van der Waals surface area contributed by atoms with Gasteiger partial charge < -0.3 is 10.2 Å². The maximum atomic E-state index is 11.3. The number of likely N-dealkylation sites (N-methyl/N-ethyl adjacent to an activating group) is 1. The molecule has 0 spiro atoms. The quantitative estimate of drug-likeness (QED) is 0.534. The van der Waals surface area contributed by atoms with Gasteiger partial charge in [0.05, 0.1) is 6.04 Å². The SMILES string of the molecule is CN1C(=O)C(=O)NC2CCCC=C21. The predicted molar refractivity (Wildman–Crippen MR) is 46.6 cm³/mol. The number of hydrogen-bond acceptors (Lipinski definition) is 2. The Morgan fingerprint density at radius 1 is 1.54 bits per heavy atom. The average molecular weight is 180 g/mol. The van der Waals surface area contributed by atoms with Gasteiger partial charge in [0.2, 0.25) is 0 Å². The third kappa shape index (κ3) is 1.22. The van der Waals surface area contributed by atoms with Crippen molar-refractivity contribution in [3.8, 4) is 0 Å². The van der Waals surface area contributed by atoms with Crippen molar-refractivity contribution in [3.63, 3.8) is 0 Å². The van der Waals surface area contributed by atoms with E-state index < -0.39 is 11.8 Å². The minimum absolute atomic E-state index is 0.0592. The van der Waals surface area contributed by atoms with Crippen LogP contribution in [0.15, 0.2) is 11.8 Å². The van der Waals surface area contributed by atoms with Crippen LogP contribution in [-0.2, 0) is 9.59 Å². The molecule has 4 nitrogen and oxygen atoms in total. The minimum atomic E-state index is -0.480. The zero-order valence-corrected chi connectivity index (χ0v) is 7.54. The first-order valence-corrected chi connectivity index (χ1v) is 4.49. The lowest BCUT2D eigenvalue weighted by Crippen LogP contribution is -2.55. The van der Waals surface area contributed by atoms with Gasteiger partial charge >= 0.3 is 11.8 Å². The van der Waals surface area contributed by atoms with Crippen molar-refractivity contribution < 1.29 is 9.59 Å². The highest BCUT2D eigenvalue weighted by Crippen LogP contribution is 2.23. The van der Waals surface area contributed by atoms with Crippen molar-refractivity contribution >= 4 is 11.8 Å². The second-order valence-corrected chi connectivity index (χ2v) is 3.45. The van der Waals surface area contributed by atoms with Crippen molar-refractivity contribution in [3.05, 3.63) is 11.8 Å². The number of carbonyl (C=O) groups is 2. The van der Waals surface area contributed by atoms with Crippen LogP contribution in [0.3, 0.4) is 0 Å². The molecular weight excluding hydrogens is 168 g/mol. The highest BCUT2D eigenvalue weighted by Gasteiger charge is 2.34. The maximum absolute atomic E-state index is 11.3. The van der Waals surface area contributed by atoms with Crippen LogP contribution in [0.2, 0.25) is 0 Å². The van der Waals surface area contributed by atoms with Gasteiger partial charge in [0, 0.05) is 12.7 Å². The summed E-state index contributed by atoms with van der Waals surface area (Å²) in [5, 5.41) is 2.70. The van der Waals surface area contributed by atoms with E-state index in [1.165, 1.54) is 4.90 Å². The largest absolute Gasteiger partial charge is 0.340 e. The minimum Gasteiger partial charge on any atom is -0.340 e. The number of carbonyl (C=O) groups excluding carboxylic acids is 2. The summed E-state index contributed by atoms with van der Waals surface area (Å²) < 4.78 is 0. The van der Waals surface area contributed by atoms with Gasteiger partial charge in [-0.15, -0.1) is 0 Å². The van der Waals surface area contributed by atoms with Crippen LogP contribution in [0.5, 0.6) is 0 Å². The summed E-state index contributed by atoms with van der Waals surface area (Å²) in [6.07, 6.45) is 5.05. The highest BCUT2D eigenvalue weighted by atomic mass is 16.2. The van der Waals surface area contributed by atoms with E-state index >= 15 is 0 Å². The molecule has 4 heteroatoms. The standard InChI is InChI=1S/C9H12N2O2/c1-11-7-5-3-2-4-6(7)10-8(12)9(11)13/h5-6H,2-4H2,1H3,(H,10,12). The molecule has 0 saturated carbocycles. The molecule has 0 bridgehead atoms. The van der Waals surface area contributed by atoms with E-state index in [4.69, 9.17) is 0 Å². The topological polar surface area (TPSA) is 49.4 Å². The average Bonchev–Trinajstić information content (AvgIpc) is 2.15. The van der Waals surface area contributed by atoms with Crippen molar-refractivity contribution in [2.45, 2.75) is 25.3 Å².